The van der Waals surface area contributed by atoms with Gasteiger partial charge in [-0.3, -0.25) is 9.59 Å². The van der Waals surface area contributed by atoms with Crippen LogP contribution in [0.3, 0.4) is 0 Å². The number of sulfonamides is 1. The van der Waals surface area contributed by atoms with E-state index in [0.29, 0.717) is 56.8 Å². The Balaban J connectivity index is 1.62. The second-order valence-electron chi connectivity index (χ2n) is 9.76. The maximum atomic E-state index is 13.9. The number of ether oxygens (including phenoxy) is 1. The van der Waals surface area contributed by atoms with Gasteiger partial charge in [0.2, 0.25) is 15.9 Å². The Bertz CT molecular complexity index is 1220. The van der Waals surface area contributed by atoms with Crippen LogP contribution in [0.15, 0.2) is 47.4 Å². The Morgan fingerprint density at radius 3 is 2.54 bits per heavy atom. The third-order valence-electron chi connectivity index (χ3n) is 7.13. The van der Waals surface area contributed by atoms with E-state index in [1.54, 1.807) is 25.1 Å². The number of esters is 1. The van der Waals surface area contributed by atoms with Gasteiger partial charge in [-0.2, -0.15) is 0 Å². The summed E-state index contributed by atoms with van der Waals surface area (Å²) < 4.78 is 35.9. The van der Waals surface area contributed by atoms with Gasteiger partial charge >= 0.3 is 5.97 Å². The van der Waals surface area contributed by atoms with Gasteiger partial charge < -0.3 is 15.0 Å². The molecule has 1 amide bonds. The molecule has 0 aromatic heterocycles. The topological polar surface area (TPSA) is 105 Å². The first kappa shape index (κ1) is 27.1. The number of anilines is 2. The Hall–Kier alpha value is -2.91. The zero-order valence-electron chi connectivity index (χ0n) is 21.7. The van der Waals surface area contributed by atoms with E-state index in [0.717, 1.165) is 24.8 Å². The van der Waals surface area contributed by atoms with E-state index < -0.39 is 10.0 Å². The first-order valence-corrected chi connectivity index (χ1v) is 14.8. The SMILES string of the molecule is CCCC(=O)Nc1ccc(N2CCC(C(=O)OCC)CC2)c(S(=O)(=O)N[C@H]2CCCc3ccccc32)c1. The smallest absolute Gasteiger partial charge is 0.309 e. The second-order valence-corrected chi connectivity index (χ2v) is 11.4. The standard InChI is InChI=1S/C28H37N3O5S/c1-3-8-27(32)29-22-13-14-25(31-17-15-21(16-18-31)28(33)36-4-2)26(19-22)37(34,35)30-24-12-7-10-20-9-5-6-11-23(20)24/h5-6,9,11,13-14,19,21,24,30H,3-4,7-8,10,12,15-18H2,1-2H3,(H,29,32)/t24-/m0/s1. The normalized spacial score (nSPS) is 18.2. The molecule has 0 radical (unpaired) electrons. The molecule has 2 aliphatic rings. The van der Waals surface area contributed by atoms with Crippen LogP contribution in [0.4, 0.5) is 11.4 Å². The van der Waals surface area contributed by atoms with Crippen molar-refractivity contribution < 1.29 is 22.7 Å². The number of carbonyl (C=O) groups is 2. The number of benzene rings is 2. The summed E-state index contributed by atoms with van der Waals surface area (Å²) in [6, 6.07) is 12.7. The molecule has 1 atom stereocenters. The molecule has 37 heavy (non-hydrogen) atoms. The first-order valence-electron chi connectivity index (χ1n) is 13.3. The molecular weight excluding hydrogens is 490 g/mol. The van der Waals surface area contributed by atoms with Crippen molar-refractivity contribution in [3.63, 3.8) is 0 Å². The van der Waals surface area contributed by atoms with Gasteiger partial charge in [0.25, 0.3) is 0 Å². The number of nitrogens with zero attached hydrogens (tertiary/aromatic N) is 1. The lowest BCUT2D eigenvalue weighted by Crippen LogP contribution is -2.38. The lowest BCUT2D eigenvalue weighted by molar-refractivity contribution is -0.148. The Morgan fingerprint density at radius 1 is 1.05 bits per heavy atom. The largest absolute Gasteiger partial charge is 0.466 e. The Morgan fingerprint density at radius 2 is 1.81 bits per heavy atom. The van der Waals surface area contributed by atoms with Gasteiger partial charge in [-0.15, -0.1) is 0 Å². The van der Waals surface area contributed by atoms with Crippen molar-refractivity contribution in [3.05, 3.63) is 53.6 Å². The van der Waals surface area contributed by atoms with Crippen molar-refractivity contribution >= 4 is 33.3 Å². The number of hydrogen-bond acceptors (Lipinski definition) is 6. The van der Waals surface area contributed by atoms with Crippen molar-refractivity contribution in [2.45, 2.75) is 69.7 Å². The highest BCUT2D eigenvalue weighted by molar-refractivity contribution is 7.89. The van der Waals surface area contributed by atoms with Crippen LogP contribution in [0.25, 0.3) is 0 Å². The van der Waals surface area contributed by atoms with Gasteiger partial charge in [0.1, 0.15) is 4.90 Å². The van der Waals surface area contributed by atoms with E-state index in [2.05, 4.69) is 16.1 Å². The van der Waals surface area contributed by atoms with E-state index in [-0.39, 0.29) is 28.7 Å². The molecule has 4 rings (SSSR count). The Kier molecular flexibility index (Phi) is 8.87. The van der Waals surface area contributed by atoms with Crippen LogP contribution in [0.1, 0.15) is 69.5 Å². The molecule has 1 aliphatic heterocycles. The minimum absolute atomic E-state index is 0.138. The minimum atomic E-state index is -3.93. The predicted octanol–water partition coefficient (Wildman–Crippen LogP) is 4.56. The maximum absolute atomic E-state index is 13.9. The van der Waals surface area contributed by atoms with Gasteiger partial charge in [-0.25, -0.2) is 13.1 Å². The summed E-state index contributed by atoms with van der Waals surface area (Å²) in [6.45, 7) is 5.15. The van der Waals surface area contributed by atoms with Gasteiger partial charge in [-0.05, 0) is 74.8 Å². The van der Waals surface area contributed by atoms with E-state index in [1.807, 2.05) is 30.0 Å². The molecule has 0 saturated carbocycles. The van der Waals surface area contributed by atoms with Crippen LogP contribution in [-0.4, -0.2) is 40.0 Å². The van der Waals surface area contributed by atoms with Crippen LogP contribution < -0.4 is 14.9 Å². The minimum Gasteiger partial charge on any atom is -0.466 e. The van der Waals surface area contributed by atoms with Gasteiger partial charge in [0, 0.05) is 31.2 Å². The average Bonchev–Trinajstić information content (AvgIpc) is 2.89. The number of aryl methyl sites for hydroxylation is 1. The number of nitrogens with one attached hydrogen (secondary N) is 2. The third kappa shape index (κ3) is 6.51. The van der Waals surface area contributed by atoms with Crippen LogP contribution in [0, 0.1) is 5.92 Å². The van der Waals surface area contributed by atoms with Crippen LogP contribution in [0.2, 0.25) is 0 Å². The zero-order valence-corrected chi connectivity index (χ0v) is 22.5. The summed E-state index contributed by atoms with van der Waals surface area (Å²) in [6.07, 6.45) is 4.83. The number of carbonyl (C=O) groups excluding carboxylic acids is 2. The average molecular weight is 528 g/mol. The summed E-state index contributed by atoms with van der Waals surface area (Å²) in [7, 11) is -3.93. The number of piperidine rings is 1. The Labute approximate surface area is 219 Å². The third-order valence-corrected chi connectivity index (χ3v) is 8.63. The van der Waals surface area contributed by atoms with Crippen LogP contribution >= 0.6 is 0 Å². The molecule has 200 valence electrons. The summed E-state index contributed by atoms with van der Waals surface area (Å²) in [5.41, 5.74) is 3.21. The molecule has 2 aromatic carbocycles. The van der Waals surface area contributed by atoms with Crippen LogP contribution in [0.5, 0.6) is 0 Å². The summed E-state index contributed by atoms with van der Waals surface area (Å²) in [5, 5.41) is 2.83. The number of amides is 1. The van der Waals surface area contributed by atoms with E-state index in [9.17, 15) is 18.0 Å². The first-order chi connectivity index (χ1) is 17.8. The molecular formula is C28H37N3O5S. The molecule has 1 fully saturated rings. The van der Waals surface area contributed by atoms with Crippen molar-refractivity contribution in [3.8, 4) is 0 Å². The van der Waals surface area contributed by atoms with E-state index >= 15 is 0 Å². The van der Waals surface area contributed by atoms with Crippen LogP contribution in [-0.2, 0) is 30.8 Å². The summed E-state index contributed by atoms with van der Waals surface area (Å²) in [5.74, 6) is -0.523. The molecule has 0 bridgehead atoms. The zero-order chi connectivity index (χ0) is 26.4. The highest BCUT2D eigenvalue weighted by Gasteiger charge is 2.32. The number of fused-ring (bicyclic) bond motifs is 1. The number of hydrogen-bond donors (Lipinski definition) is 2. The molecule has 0 unspecified atom stereocenters. The second kappa shape index (κ2) is 12.1. The molecule has 2 aromatic rings. The fourth-order valence-electron chi connectivity index (χ4n) is 5.26. The molecule has 2 N–H and O–H groups in total. The fourth-order valence-corrected chi connectivity index (χ4v) is 6.76. The van der Waals surface area contributed by atoms with E-state index in [4.69, 9.17) is 4.74 Å². The fraction of sp³-hybridized carbons (Fsp3) is 0.500. The number of rotatable bonds is 9. The molecule has 9 heteroatoms. The molecule has 1 aliphatic carbocycles. The van der Waals surface area contributed by atoms with Crippen molar-refractivity contribution in [1.82, 2.24) is 4.72 Å². The van der Waals surface area contributed by atoms with E-state index in [1.165, 1.54) is 5.56 Å². The van der Waals surface area contributed by atoms with Crippen molar-refractivity contribution in [2.75, 3.05) is 29.9 Å². The lowest BCUT2D eigenvalue weighted by Gasteiger charge is -2.34. The maximum Gasteiger partial charge on any atom is 0.309 e. The monoisotopic (exact) mass is 527 g/mol. The highest BCUT2D eigenvalue weighted by atomic mass is 32.2. The molecule has 8 nitrogen and oxygen atoms in total. The van der Waals surface area contributed by atoms with Gasteiger partial charge in [0.15, 0.2) is 0 Å². The van der Waals surface area contributed by atoms with Crippen molar-refractivity contribution in [2.24, 2.45) is 5.92 Å². The lowest BCUT2D eigenvalue weighted by atomic mass is 9.88. The molecule has 1 heterocycles. The highest BCUT2D eigenvalue weighted by Crippen LogP contribution is 2.35. The van der Waals surface area contributed by atoms with Gasteiger partial charge in [0.05, 0.1) is 18.2 Å². The molecule has 1 saturated heterocycles. The molecule has 0 spiro atoms. The summed E-state index contributed by atoms with van der Waals surface area (Å²) in [4.78, 5) is 26.6. The van der Waals surface area contributed by atoms with Gasteiger partial charge in [-0.1, -0.05) is 31.2 Å². The predicted molar refractivity (Wildman–Crippen MR) is 144 cm³/mol. The quantitative estimate of drug-likeness (QED) is 0.463. The van der Waals surface area contributed by atoms with Crippen molar-refractivity contribution in [1.29, 1.82) is 0 Å². The summed E-state index contributed by atoms with van der Waals surface area (Å²) >= 11 is 0.